The maximum atomic E-state index is 10.6. The predicted molar refractivity (Wildman–Crippen MR) is 59.0 cm³/mol. The largest absolute Gasteiger partial charge is 0.481 e. The number of rotatable bonds is 4. The van der Waals surface area contributed by atoms with Crippen molar-refractivity contribution in [3.63, 3.8) is 0 Å². The van der Waals surface area contributed by atoms with E-state index in [-0.39, 0.29) is 0 Å². The molecule has 0 saturated carbocycles. The molecule has 0 aromatic carbocycles. The number of carboxylic acid groups (broad SMARTS) is 1. The third kappa shape index (κ3) is 3.10. The molecule has 4 nitrogen and oxygen atoms in total. The summed E-state index contributed by atoms with van der Waals surface area (Å²) in [4.78, 5) is 12.9. The van der Waals surface area contributed by atoms with E-state index < -0.39 is 5.97 Å². The van der Waals surface area contributed by atoms with Crippen molar-refractivity contribution in [1.29, 1.82) is 0 Å². The molecule has 16 heavy (non-hydrogen) atoms. The second-order valence-electron chi connectivity index (χ2n) is 4.40. The zero-order valence-electron chi connectivity index (χ0n) is 9.26. The van der Waals surface area contributed by atoms with Gasteiger partial charge in [0.1, 0.15) is 5.76 Å². The lowest BCUT2D eigenvalue weighted by atomic mass is 9.93. The molecule has 0 aliphatic carbocycles. The number of hydrogen-bond acceptors (Lipinski definition) is 3. The van der Waals surface area contributed by atoms with E-state index >= 15 is 0 Å². The highest BCUT2D eigenvalue weighted by Crippen LogP contribution is 2.21. The second-order valence-corrected chi connectivity index (χ2v) is 4.40. The zero-order valence-corrected chi connectivity index (χ0v) is 9.26. The van der Waals surface area contributed by atoms with Gasteiger partial charge in [0, 0.05) is 6.42 Å². The Bertz CT molecular complexity index is 326. The first-order chi connectivity index (χ1) is 7.74. The summed E-state index contributed by atoms with van der Waals surface area (Å²) in [5.41, 5.74) is 0. The number of nitrogens with zero attached hydrogens (tertiary/aromatic N) is 1. The van der Waals surface area contributed by atoms with Gasteiger partial charge < -0.3 is 9.52 Å². The van der Waals surface area contributed by atoms with Gasteiger partial charge in [0.05, 0.1) is 12.8 Å². The van der Waals surface area contributed by atoms with Gasteiger partial charge in [0.2, 0.25) is 0 Å². The Morgan fingerprint density at radius 1 is 1.50 bits per heavy atom. The Morgan fingerprint density at radius 2 is 2.25 bits per heavy atom. The van der Waals surface area contributed by atoms with Gasteiger partial charge in [-0.1, -0.05) is 0 Å². The van der Waals surface area contributed by atoms with E-state index in [2.05, 4.69) is 4.90 Å². The zero-order chi connectivity index (χ0) is 11.4. The van der Waals surface area contributed by atoms with Crippen LogP contribution in [-0.4, -0.2) is 29.1 Å². The van der Waals surface area contributed by atoms with Crippen molar-refractivity contribution < 1.29 is 14.3 Å². The summed E-state index contributed by atoms with van der Waals surface area (Å²) in [5.74, 6) is 0.659. The minimum Gasteiger partial charge on any atom is -0.481 e. The van der Waals surface area contributed by atoms with Gasteiger partial charge in [0.15, 0.2) is 0 Å². The van der Waals surface area contributed by atoms with Crippen LogP contribution >= 0.6 is 0 Å². The van der Waals surface area contributed by atoms with E-state index in [1.165, 1.54) is 0 Å². The van der Waals surface area contributed by atoms with E-state index in [1.807, 2.05) is 12.1 Å². The van der Waals surface area contributed by atoms with E-state index in [0.717, 1.165) is 38.2 Å². The molecule has 2 heterocycles. The highest BCUT2D eigenvalue weighted by molar-refractivity contribution is 5.67. The Balaban J connectivity index is 1.75. The third-order valence-corrected chi connectivity index (χ3v) is 3.13. The molecular weight excluding hydrogens is 206 g/mol. The maximum absolute atomic E-state index is 10.6. The summed E-state index contributed by atoms with van der Waals surface area (Å²) in [5, 5.41) is 8.71. The van der Waals surface area contributed by atoms with Crippen LogP contribution in [0.15, 0.2) is 22.8 Å². The normalized spacial score (nSPS) is 18.8. The van der Waals surface area contributed by atoms with Crippen molar-refractivity contribution >= 4 is 5.97 Å². The molecule has 0 bridgehead atoms. The molecule has 0 amide bonds. The summed E-state index contributed by atoms with van der Waals surface area (Å²) < 4.78 is 5.29. The van der Waals surface area contributed by atoms with Crippen LogP contribution in [0.4, 0.5) is 0 Å². The standard InChI is InChI=1S/C12H17NO3/c14-12(15)8-10-3-5-13(6-4-10)9-11-2-1-7-16-11/h1-2,7,10H,3-6,8-9H2,(H,14,15). The Kier molecular flexibility index (Phi) is 3.62. The molecule has 4 heteroatoms. The summed E-state index contributed by atoms with van der Waals surface area (Å²) in [6.07, 6.45) is 3.96. The van der Waals surface area contributed by atoms with Crippen LogP contribution < -0.4 is 0 Å². The van der Waals surface area contributed by atoms with Gasteiger partial charge in [-0.2, -0.15) is 0 Å². The van der Waals surface area contributed by atoms with E-state index in [4.69, 9.17) is 9.52 Å². The van der Waals surface area contributed by atoms with Crippen LogP contribution in [0.3, 0.4) is 0 Å². The summed E-state index contributed by atoms with van der Waals surface area (Å²) >= 11 is 0. The first-order valence-electron chi connectivity index (χ1n) is 5.70. The van der Waals surface area contributed by atoms with E-state index in [1.54, 1.807) is 6.26 Å². The predicted octanol–water partition coefficient (Wildman–Crippen LogP) is 1.97. The monoisotopic (exact) mass is 223 g/mol. The molecule has 2 rings (SSSR count). The van der Waals surface area contributed by atoms with Gasteiger partial charge in [-0.15, -0.1) is 0 Å². The molecule has 0 spiro atoms. The number of carbonyl (C=O) groups is 1. The lowest BCUT2D eigenvalue weighted by molar-refractivity contribution is -0.138. The minimum atomic E-state index is -0.676. The lowest BCUT2D eigenvalue weighted by Gasteiger charge is -2.30. The fourth-order valence-electron chi connectivity index (χ4n) is 2.22. The van der Waals surface area contributed by atoms with Crippen LogP contribution in [0, 0.1) is 5.92 Å². The van der Waals surface area contributed by atoms with Gasteiger partial charge in [-0.3, -0.25) is 9.69 Å². The van der Waals surface area contributed by atoms with Crippen molar-refractivity contribution in [2.24, 2.45) is 5.92 Å². The van der Waals surface area contributed by atoms with Crippen molar-refractivity contribution in [3.8, 4) is 0 Å². The van der Waals surface area contributed by atoms with E-state index in [9.17, 15) is 4.79 Å². The van der Waals surface area contributed by atoms with Crippen LogP contribution in [0.2, 0.25) is 0 Å². The molecule has 1 N–H and O–H groups in total. The topological polar surface area (TPSA) is 53.7 Å². The van der Waals surface area contributed by atoms with Crippen LogP contribution in [0.25, 0.3) is 0 Å². The highest BCUT2D eigenvalue weighted by Gasteiger charge is 2.21. The molecule has 0 atom stereocenters. The molecule has 1 aromatic rings. The Labute approximate surface area is 94.9 Å². The van der Waals surface area contributed by atoms with Gasteiger partial charge in [-0.05, 0) is 44.0 Å². The third-order valence-electron chi connectivity index (χ3n) is 3.13. The molecule has 1 aliphatic heterocycles. The lowest BCUT2D eigenvalue weighted by Crippen LogP contribution is -2.33. The number of carboxylic acids is 1. The molecule has 1 saturated heterocycles. The number of piperidine rings is 1. The quantitative estimate of drug-likeness (QED) is 0.847. The van der Waals surface area contributed by atoms with Crippen LogP contribution in [-0.2, 0) is 11.3 Å². The molecule has 0 radical (unpaired) electrons. The second kappa shape index (κ2) is 5.16. The van der Waals surface area contributed by atoms with Gasteiger partial charge in [-0.25, -0.2) is 0 Å². The van der Waals surface area contributed by atoms with Crippen molar-refractivity contribution in [2.75, 3.05) is 13.1 Å². The molecule has 1 fully saturated rings. The fourth-order valence-corrected chi connectivity index (χ4v) is 2.22. The summed E-state index contributed by atoms with van der Waals surface area (Å²) in [6, 6.07) is 3.87. The number of furan rings is 1. The van der Waals surface area contributed by atoms with Crippen molar-refractivity contribution in [1.82, 2.24) is 4.90 Å². The summed E-state index contributed by atoms with van der Waals surface area (Å²) in [7, 11) is 0. The first-order valence-corrected chi connectivity index (χ1v) is 5.70. The Hall–Kier alpha value is -1.29. The van der Waals surface area contributed by atoms with Gasteiger partial charge >= 0.3 is 5.97 Å². The Morgan fingerprint density at radius 3 is 2.81 bits per heavy atom. The minimum absolute atomic E-state index is 0.314. The highest BCUT2D eigenvalue weighted by atomic mass is 16.4. The van der Waals surface area contributed by atoms with E-state index in [0.29, 0.717) is 12.3 Å². The average Bonchev–Trinajstić information content (AvgIpc) is 2.73. The molecule has 1 aliphatic rings. The fraction of sp³-hybridized carbons (Fsp3) is 0.583. The van der Waals surface area contributed by atoms with Crippen molar-refractivity contribution in [2.45, 2.75) is 25.8 Å². The SMILES string of the molecule is O=C(O)CC1CCN(Cc2ccco2)CC1. The molecular formula is C12H17NO3. The first kappa shape index (κ1) is 11.2. The molecule has 88 valence electrons. The number of aliphatic carboxylic acids is 1. The summed E-state index contributed by atoms with van der Waals surface area (Å²) in [6.45, 7) is 2.78. The maximum Gasteiger partial charge on any atom is 0.303 e. The van der Waals surface area contributed by atoms with Crippen LogP contribution in [0.5, 0.6) is 0 Å². The van der Waals surface area contributed by atoms with Gasteiger partial charge in [0.25, 0.3) is 0 Å². The number of likely N-dealkylation sites (tertiary alicyclic amines) is 1. The number of hydrogen-bond donors (Lipinski definition) is 1. The smallest absolute Gasteiger partial charge is 0.303 e. The van der Waals surface area contributed by atoms with Crippen molar-refractivity contribution in [3.05, 3.63) is 24.2 Å². The van der Waals surface area contributed by atoms with Crippen LogP contribution in [0.1, 0.15) is 25.0 Å². The molecule has 1 aromatic heterocycles. The molecule has 0 unspecified atom stereocenters. The average molecular weight is 223 g/mol.